The van der Waals surface area contributed by atoms with Crippen molar-refractivity contribution in [1.82, 2.24) is 9.97 Å². The summed E-state index contributed by atoms with van der Waals surface area (Å²) in [6.07, 6.45) is 3.05. The van der Waals surface area contributed by atoms with Crippen LogP contribution >= 0.6 is 0 Å². The van der Waals surface area contributed by atoms with Gasteiger partial charge in [0.2, 0.25) is 0 Å². The summed E-state index contributed by atoms with van der Waals surface area (Å²) in [7, 11) is 0. The maximum Gasteiger partial charge on any atom is 0.134 e. The van der Waals surface area contributed by atoms with E-state index in [4.69, 9.17) is 5.73 Å². The molecular formula is C12H22N4. The van der Waals surface area contributed by atoms with Gasteiger partial charge in [-0.2, -0.15) is 0 Å². The first-order chi connectivity index (χ1) is 7.71. The average molecular weight is 222 g/mol. The van der Waals surface area contributed by atoms with Crippen LogP contribution in [0.3, 0.4) is 0 Å². The SMILES string of the molecule is CCCc1nc(N)cc(N(CC)CCC)n1. The molecule has 4 nitrogen and oxygen atoms in total. The Morgan fingerprint density at radius 1 is 1.19 bits per heavy atom. The van der Waals surface area contributed by atoms with Gasteiger partial charge in [-0.05, 0) is 19.8 Å². The zero-order valence-electron chi connectivity index (χ0n) is 10.5. The maximum atomic E-state index is 5.80. The van der Waals surface area contributed by atoms with E-state index in [-0.39, 0.29) is 0 Å². The second kappa shape index (κ2) is 6.30. The highest BCUT2D eigenvalue weighted by atomic mass is 15.2. The normalized spacial score (nSPS) is 10.4. The summed E-state index contributed by atoms with van der Waals surface area (Å²) in [4.78, 5) is 11.0. The number of anilines is 2. The fourth-order valence-corrected chi connectivity index (χ4v) is 1.71. The summed E-state index contributed by atoms with van der Waals surface area (Å²) in [5.74, 6) is 2.38. The van der Waals surface area contributed by atoms with Crippen molar-refractivity contribution in [3.8, 4) is 0 Å². The van der Waals surface area contributed by atoms with Gasteiger partial charge in [0.1, 0.15) is 17.5 Å². The van der Waals surface area contributed by atoms with E-state index in [2.05, 4.69) is 35.6 Å². The molecule has 2 N–H and O–H groups in total. The van der Waals surface area contributed by atoms with Gasteiger partial charge in [-0.3, -0.25) is 0 Å². The molecule has 0 aliphatic carbocycles. The van der Waals surface area contributed by atoms with Gasteiger partial charge in [-0.15, -0.1) is 0 Å². The second-order valence-electron chi connectivity index (χ2n) is 3.90. The Kier molecular flexibility index (Phi) is 5.02. The molecule has 1 aromatic heterocycles. The van der Waals surface area contributed by atoms with Gasteiger partial charge in [0, 0.05) is 25.6 Å². The smallest absolute Gasteiger partial charge is 0.134 e. The third-order valence-corrected chi connectivity index (χ3v) is 2.45. The molecule has 0 aliphatic heterocycles. The first kappa shape index (κ1) is 12.7. The molecule has 0 radical (unpaired) electrons. The van der Waals surface area contributed by atoms with Gasteiger partial charge in [-0.25, -0.2) is 9.97 Å². The molecular weight excluding hydrogens is 200 g/mol. The molecule has 0 bridgehead atoms. The summed E-state index contributed by atoms with van der Waals surface area (Å²) in [5.41, 5.74) is 5.80. The highest BCUT2D eigenvalue weighted by molar-refractivity contribution is 5.46. The van der Waals surface area contributed by atoms with Gasteiger partial charge in [0.25, 0.3) is 0 Å². The van der Waals surface area contributed by atoms with Crippen LogP contribution in [0.1, 0.15) is 39.4 Å². The predicted octanol–water partition coefficient (Wildman–Crippen LogP) is 2.25. The van der Waals surface area contributed by atoms with Crippen LogP contribution in [-0.2, 0) is 6.42 Å². The standard InChI is InChI=1S/C12H22N4/c1-4-7-11-14-10(13)9-12(15-11)16(6-3)8-5-2/h9H,4-8H2,1-3H3,(H2,13,14,15). The van der Waals surface area contributed by atoms with E-state index in [9.17, 15) is 0 Å². The number of nitrogen functional groups attached to an aromatic ring is 1. The molecule has 0 amide bonds. The molecule has 90 valence electrons. The lowest BCUT2D eigenvalue weighted by Crippen LogP contribution is -2.25. The summed E-state index contributed by atoms with van der Waals surface area (Å²) in [6, 6.07) is 1.86. The molecule has 1 heterocycles. The number of nitrogens with two attached hydrogens (primary N) is 1. The van der Waals surface area contributed by atoms with Gasteiger partial charge in [0.15, 0.2) is 0 Å². The molecule has 0 atom stereocenters. The highest BCUT2D eigenvalue weighted by Crippen LogP contribution is 2.15. The van der Waals surface area contributed by atoms with Crippen LogP contribution in [0.25, 0.3) is 0 Å². The third kappa shape index (κ3) is 3.36. The largest absolute Gasteiger partial charge is 0.384 e. The Balaban J connectivity index is 2.92. The Morgan fingerprint density at radius 2 is 1.94 bits per heavy atom. The molecule has 1 rings (SSSR count). The van der Waals surface area contributed by atoms with Crippen LogP contribution in [0.2, 0.25) is 0 Å². The van der Waals surface area contributed by atoms with E-state index in [0.717, 1.165) is 44.0 Å². The van der Waals surface area contributed by atoms with Gasteiger partial charge in [-0.1, -0.05) is 13.8 Å². The fraction of sp³-hybridized carbons (Fsp3) is 0.667. The number of nitrogens with zero attached hydrogens (tertiary/aromatic N) is 3. The third-order valence-electron chi connectivity index (χ3n) is 2.45. The zero-order valence-corrected chi connectivity index (χ0v) is 10.5. The monoisotopic (exact) mass is 222 g/mol. The predicted molar refractivity (Wildman–Crippen MR) is 68.6 cm³/mol. The topological polar surface area (TPSA) is 55.0 Å². The van der Waals surface area contributed by atoms with E-state index in [1.165, 1.54) is 0 Å². The van der Waals surface area contributed by atoms with Crippen LogP contribution in [0, 0.1) is 0 Å². The molecule has 0 aliphatic rings. The minimum atomic E-state index is 0.572. The molecule has 0 aromatic carbocycles. The fourth-order valence-electron chi connectivity index (χ4n) is 1.71. The summed E-state index contributed by atoms with van der Waals surface area (Å²) >= 11 is 0. The molecule has 1 aromatic rings. The average Bonchev–Trinajstić information content (AvgIpc) is 2.25. The molecule has 4 heteroatoms. The van der Waals surface area contributed by atoms with E-state index >= 15 is 0 Å². The molecule has 16 heavy (non-hydrogen) atoms. The van der Waals surface area contributed by atoms with Crippen molar-refractivity contribution in [1.29, 1.82) is 0 Å². The van der Waals surface area contributed by atoms with Crippen molar-refractivity contribution in [2.45, 2.75) is 40.0 Å². The van der Waals surface area contributed by atoms with Crippen molar-refractivity contribution in [2.75, 3.05) is 23.7 Å². The lowest BCUT2D eigenvalue weighted by Gasteiger charge is -2.21. The zero-order chi connectivity index (χ0) is 12.0. The molecule has 0 fully saturated rings. The van der Waals surface area contributed by atoms with Crippen molar-refractivity contribution < 1.29 is 0 Å². The minimum Gasteiger partial charge on any atom is -0.384 e. The summed E-state index contributed by atoms with van der Waals surface area (Å²) in [5, 5.41) is 0. The van der Waals surface area contributed by atoms with Crippen molar-refractivity contribution in [2.24, 2.45) is 0 Å². The maximum absolute atomic E-state index is 5.80. The molecule has 0 unspecified atom stereocenters. The Bertz CT molecular complexity index is 325. The van der Waals surface area contributed by atoms with Crippen LogP contribution < -0.4 is 10.6 Å². The summed E-state index contributed by atoms with van der Waals surface area (Å²) in [6.45, 7) is 8.39. The van der Waals surface area contributed by atoms with Crippen LogP contribution in [0.4, 0.5) is 11.6 Å². The molecule has 0 saturated heterocycles. The van der Waals surface area contributed by atoms with Gasteiger partial charge < -0.3 is 10.6 Å². The number of rotatable bonds is 6. The van der Waals surface area contributed by atoms with Crippen molar-refractivity contribution >= 4 is 11.6 Å². The first-order valence-electron chi connectivity index (χ1n) is 6.09. The minimum absolute atomic E-state index is 0.572. The number of aryl methyl sites for hydroxylation is 1. The Hall–Kier alpha value is -1.32. The molecule has 0 spiro atoms. The van der Waals surface area contributed by atoms with Crippen LogP contribution in [-0.4, -0.2) is 23.1 Å². The van der Waals surface area contributed by atoms with E-state index in [0.29, 0.717) is 5.82 Å². The number of aromatic nitrogens is 2. The first-order valence-corrected chi connectivity index (χ1v) is 6.09. The Morgan fingerprint density at radius 3 is 2.50 bits per heavy atom. The van der Waals surface area contributed by atoms with Crippen molar-refractivity contribution in [3.63, 3.8) is 0 Å². The highest BCUT2D eigenvalue weighted by Gasteiger charge is 2.08. The molecule has 0 saturated carbocycles. The van der Waals surface area contributed by atoms with Crippen LogP contribution in [0.5, 0.6) is 0 Å². The van der Waals surface area contributed by atoms with Gasteiger partial charge >= 0.3 is 0 Å². The second-order valence-corrected chi connectivity index (χ2v) is 3.90. The lowest BCUT2D eigenvalue weighted by atomic mass is 10.3. The van der Waals surface area contributed by atoms with E-state index in [1.807, 2.05) is 6.07 Å². The summed E-state index contributed by atoms with van der Waals surface area (Å²) < 4.78 is 0. The van der Waals surface area contributed by atoms with E-state index in [1.54, 1.807) is 0 Å². The van der Waals surface area contributed by atoms with Crippen molar-refractivity contribution in [3.05, 3.63) is 11.9 Å². The van der Waals surface area contributed by atoms with Crippen LogP contribution in [0.15, 0.2) is 6.07 Å². The lowest BCUT2D eigenvalue weighted by molar-refractivity contribution is 0.760. The van der Waals surface area contributed by atoms with Gasteiger partial charge in [0.05, 0.1) is 0 Å². The quantitative estimate of drug-likeness (QED) is 0.802. The number of hydrogen-bond acceptors (Lipinski definition) is 4. The number of hydrogen-bond donors (Lipinski definition) is 1. The Labute approximate surface area is 97.9 Å². The van der Waals surface area contributed by atoms with E-state index < -0.39 is 0 Å².